The maximum Gasteiger partial charge on any atom is 0.416 e. The summed E-state index contributed by atoms with van der Waals surface area (Å²) in [5.74, 6) is 0.338. The van der Waals surface area contributed by atoms with Gasteiger partial charge in [-0.15, -0.1) is 0 Å². The quantitative estimate of drug-likeness (QED) is 0.376. The first-order valence-electron chi connectivity index (χ1n) is 9.45. The van der Waals surface area contributed by atoms with Crippen LogP contribution in [-0.4, -0.2) is 20.1 Å². The van der Waals surface area contributed by atoms with Crippen molar-refractivity contribution in [1.29, 1.82) is 0 Å². The van der Waals surface area contributed by atoms with Crippen molar-refractivity contribution in [3.8, 4) is 28.7 Å². The molecule has 10 heteroatoms. The van der Waals surface area contributed by atoms with E-state index in [0.29, 0.717) is 22.6 Å². The summed E-state index contributed by atoms with van der Waals surface area (Å²) >= 11 is 0. The van der Waals surface area contributed by atoms with Crippen LogP contribution < -0.4 is 4.74 Å². The van der Waals surface area contributed by atoms with Crippen molar-refractivity contribution in [3.05, 3.63) is 77.1 Å². The molecule has 0 bridgehead atoms. The average Bonchev–Trinajstić information content (AvgIpc) is 3.24. The number of nitrogens with zero attached hydrogens (tertiary/aromatic N) is 4. The van der Waals surface area contributed by atoms with E-state index in [-0.39, 0.29) is 35.6 Å². The minimum Gasteiger partial charge on any atom is -0.467 e. The van der Waals surface area contributed by atoms with Crippen LogP contribution in [-0.2, 0) is 12.8 Å². The molecule has 2 heterocycles. The molecule has 4 aromatic rings. The van der Waals surface area contributed by atoms with Crippen LogP contribution in [0.1, 0.15) is 22.7 Å². The molecule has 0 atom stereocenters. The third kappa shape index (κ3) is 4.58. The Labute approximate surface area is 179 Å². The molecule has 0 unspecified atom stereocenters. The topological polar surface area (TPSA) is 73.9 Å². The molecule has 0 aliphatic heterocycles. The molecular weight excluding hydrogens is 428 g/mol. The Balaban J connectivity index is 1.54. The summed E-state index contributed by atoms with van der Waals surface area (Å²) in [7, 11) is 0. The fraction of sp³-hybridized carbons (Fsp3) is 0.182. The summed E-state index contributed by atoms with van der Waals surface area (Å²) in [6, 6.07) is 10.4. The van der Waals surface area contributed by atoms with Crippen LogP contribution in [0.2, 0.25) is 0 Å². The Morgan fingerprint density at radius 2 is 1.66 bits per heavy atom. The van der Waals surface area contributed by atoms with Gasteiger partial charge in [-0.2, -0.15) is 23.1 Å². The zero-order chi connectivity index (χ0) is 22.9. The molecular formula is C22H16F4N4O2. The molecule has 0 amide bonds. The first kappa shape index (κ1) is 21.4. The van der Waals surface area contributed by atoms with Gasteiger partial charge in [-0.25, -0.2) is 9.37 Å². The summed E-state index contributed by atoms with van der Waals surface area (Å²) in [4.78, 5) is 12.9. The van der Waals surface area contributed by atoms with Crippen LogP contribution in [0.3, 0.4) is 0 Å². The fourth-order valence-electron chi connectivity index (χ4n) is 2.87. The number of benzene rings is 2. The highest BCUT2D eigenvalue weighted by Crippen LogP contribution is 2.31. The molecule has 6 nitrogen and oxygen atoms in total. The van der Waals surface area contributed by atoms with E-state index < -0.39 is 11.7 Å². The number of hydrogen-bond acceptors (Lipinski definition) is 6. The number of aryl methyl sites for hydroxylation is 1. The van der Waals surface area contributed by atoms with Crippen molar-refractivity contribution in [1.82, 2.24) is 20.1 Å². The second kappa shape index (κ2) is 8.37. The van der Waals surface area contributed by atoms with Gasteiger partial charge >= 0.3 is 6.18 Å². The van der Waals surface area contributed by atoms with Gasteiger partial charge in [-0.3, -0.25) is 0 Å². The van der Waals surface area contributed by atoms with E-state index >= 15 is 0 Å². The van der Waals surface area contributed by atoms with E-state index in [2.05, 4.69) is 20.1 Å². The smallest absolute Gasteiger partial charge is 0.416 e. The molecule has 0 spiro atoms. The Kier molecular flexibility index (Phi) is 5.60. The molecule has 0 radical (unpaired) electrons. The summed E-state index contributed by atoms with van der Waals surface area (Å²) < 4.78 is 62.8. The van der Waals surface area contributed by atoms with Gasteiger partial charge in [0.15, 0.2) is 12.4 Å². The average molecular weight is 444 g/mol. The molecule has 0 aliphatic rings. The highest BCUT2D eigenvalue weighted by Gasteiger charge is 2.30. The van der Waals surface area contributed by atoms with Gasteiger partial charge in [-0.05, 0) is 50.2 Å². The minimum atomic E-state index is -4.48. The van der Waals surface area contributed by atoms with Gasteiger partial charge in [-0.1, -0.05) is 17.3 Å². The number of alkyl halides is 3. The van der Waals surface area contributed by atoms with Gasteiger partial charge in [0.05, 0.1) is 5.56 Å². The van der Waals surface area contributed by atoms with Crippen LogP contribution in [0.25, 0.3) is 22.8 Å². The molecule has 0 fully saturated rings. The molecule has 164 valence electrons. The van der Waals surface area contributed by atoms with Gasteiger partial charge in [0.1, 0.15) is 5.82 Å². The molecule has 0 saturated carbocycles. The SMILES string of the molecule is Cc1nc(-c2ccc(F)cc2)nc(OCc2nc(-c3cccc(C(F)(F)F)c3)no2)c1C. The molecule has 0 aliphatic carbocycles. The highest BCUT2D eigenvalue weighted by molar-refractivity contribution is 5.57. The summed E-state index contributed by atoms with van der Waals surface area (Å²) in [6.07, 6.45) is -4.48. The van der Waals surface area contributed by atoms with Crippen molar-refractivity contribution in [2.24, 2.45) is 0 Å². The van der Waals surface area contributed by atoms with E-state index in [0.717, 1.165) is 12.1 Å². The Morgan fingerprint density at radius 1 is 0.906 bits per heavy atom. The zero-order valence-electron chi connectivity index (χ0n) is 16.9. The zero-order valence-corrected chi connectivity index (χ0v) is 16.9. The van der Waals surface area contributed by atoms with Crippen molar-refractivity contribution >= 4 is 0 Å². The van der Waals surface area contributed by atoms with E-state index in [1.165, 1.54) is 24.3 Å². The third-order valence-electron chi connectivity index (χ3n) is 4.70. The number of aromatic nitrogens is 4. The van der Waals surface area contributed by atoms with Gasteiger partial charge in [0.25, 0.3) is 5.89 Å². The predicted octanol–water partition coefficient (Wildman–Crippen LogP) is 5.55. The summed E-state index contributed by atoms with van der Waals surface area (Å²) in [5.41, 5.74) is 1.34. The van der Waals surface area contributed by atoms with Crippen LogP contribution in [0, 0.1) is 19.7 Å². The van der Waals surface area contributed by atoms with Crippen LogP contribution >= 0.6 is 0 Å². The van der Waals surface area contributed by atoms with Crippen molar-refractivity contribution in [2.75, 3.05) is 0 Å². The van der Waals surface area contributed by atoms with E-state index in [9.17, 15) is 17.6 Å². The Hall–Kier alpha value is -3.82. The highest BCUT2D eigenvalue weighted by atomic mass is 19.4. The standard InChI is InChI=1S/C22H16F4N4O2/c1-12-13(2)27-19(14-6-8-17(23)9-7-14)29-21(12)31-11-18-28-20(30-32-18)15-4-3-5-16(10-15)22(24,25)26/h3-10H,11H2,1-2H3. The Bertz CT molecular complexity index is 1250. The molecule has 2 aromatic carbocycles. The lowest BCUT2D eigenvalue weighted by molar-refractivity contribution is -0.137. The van der Waals surface area contributed by atoms with Crippen LogP contribution in [0.5, 0.6) is 5.88 Å². The van der Waals surface area contributed by atoms with Crippen molar-refractivity contribution < 1.29 is 26.8 Å². The number of hydrogen-bond donors (Lipinski definition) is 0. The molecule has 32 heavy (non-hydrogen) atoms. The Morgan fingerprint density at radius 3 is 2.38 bits per heavy atom. The molecule has 4 rings (SSSR count). The summed E-state index contributed by atoms with van der Waals surface area (Å²) in [5, 5.41) is 3.73. The lowest BCUT2D eigenvalue weighted by Crippen LogP contribution is -2.05. The van der Waals surface area contributed by atoms with E-state index in [1.807, 2.05) is 0 Å². The maximum atomic E-state index is 13.2. The lowest BCUT2D eigenvalue weighted by Gasteiger charge is -2.10. The second-order valence-corrected chi connectivity index (χ2v) is 6.95. The first-order valence-corrected chi connectivity index (χ1v) is 9.45. The van der Waals surface area contributed by atoms with E-state index in [1.54, 1.807) is 26.0 Å². The lowest BCUT2D eigenvalue weighted by atomic mass is 10.1. The van der Waals surface area contributed by atoms with Crippen molar-refractivity contribution in [2.45, 2.75) is 26.6 Å². The largest absolute Gasteiger partial charge is 0.467 e. The number of halogens is 4. The van der Waals surface area contributed by atoms with Crippen LogP contribution in [0.4, 0.5) is 17.6 Å². The van der Waals surface area contributed by atoms with E-state index in [4.69, 9.17) is 9.26 Å². The second-order valence-electron chi connectivity index (χ2n) is 6.95. The van der Waals surface area contributed by atoms with Crippen LogP contribution in [0.15, 0.2) is 53.1 Å². The third-order valence-corrected chi connectivity index (χ3v) is 4.70. The predicted molar refractivity (Wildman–Crippen MR) is 106 cm³/mol. The molecule has 0 saturated heterocycles. The fourth-order valence-corrected chi connectivity index (χ4v) is 2.87. The monoisotopic (exact) mass is 444 g/mol. The molecule has 0 N–H and O–H groups in total. The maximum absolute atomic E-state index is 13.2. The number of ether oxygens (including phenoxy) is 1. The number of rotatable bonds is 5. The van der Waals surface area contributed by atoms with Gasteiger partial charge < -0.3 is 9.26 Å². The summed E-state index contributed by atoms with van der Waals surface area (Å²) in [6.45, 7) is 3.42. The molecule has 2 aromatic heterocycles. The normalized spacial score (nSPS) is 11.6. The van der Waals surface area contributed by atoms with Crippen molar-refractivity contribution in [3.63, 3.8) is 0 Å². The first-order chi connectivity index (χ1) is 15.2. The van der Waals surface area contributed by atoms with Gasteiger partial charge in [0, 0.05) is 22.4 Å². The minimum absolute atomic E-state index is 0.0114. The van der Waals surface area contributed by atoms with Gasteiger partial charge in [0.2, 0.25) is 11.7 Å².